The van der Waals surface area contributed by atoms with Crippen molar-refractivity contribution < 1.29 is 9.53 Å². The molecule has 0 N–H and O–H groups in total. The van der Waals surface area contributed by atoms with Gasteiger partial charge in [0.2, 0.25) is 0 Å². The van der Waals surface area contributed by atoms with Crippen LogP contribution in [0.2, 0.25) is 0 Å². The third-order valence-corrected chi connectivity index (χ3v) is 3.41. The highest BCUT2D eigenvalue weighted by atomic mass is 16.6. The molecule has 1 aliphatic rings. The molecular weight excluding hydrogens is 214 g/mol. The average molecular weight is 241 g/mol. The van der Waals surface area contributed by atoms with E-state index in [1.165, 1.54) is 12.8 Å². The van der Waals surface area contributed by atoms with Gasteiger partial charge in [0.15, 0.2) is 0 Å². The molecule has 1 rings (SSSR count). The van der Waals surface area contributed by atoms with E-state index in [0.29, 0.717) is 12.0 Å². The minimum Gasteiger partial charge on any atom is -0.459 e. The highest BCUT2D eigenvalue weighted by Crippen LogP contribution is 2.24. The second-order valence-corrected chi connectivity index (χ2v) is 6.44. The van der Waals surface area contributed by atoms with Crippen molar-refractivity contribution in [3.63, 3.8) is 0 Å². The first-order chi connectivity index (χ1) is 7.70. The quantitative estimate of drug-likeness (QED) is 0.696. The summed E-state index contributed by atoms with van der Waals surface area (Å²) < 4.78 is 5.46. The van der Waals surface area contributed by atoms with E-state index in [2.05, 4.69) is 18.7 Å². The second kappa shape index (κ2) is 5.38. The van der Waals surface area contributed by atoms with Gasteiger partial charge in [-0.2, -0.15) is 0 Å². The molecule has 3 atom stereocenters. The first kappa shape index (κ1) is 14.5. The van der Waals surface area contributed by atoms with Crippen molar-refractivity contribution >= 4 is 5.97 Å². The van der Waals surface area contributed by atoms with Crippen LogP contribution in [0.25, 0.3) is 0 Å². The lowest BCUT2D eigenvalue weighted by Gasteiger charge is -2.40. The first-order valence-corrected chi connectivity index (χ1v) is 6.69. The maximum absolute atomic E-state index is 12.0. The van der Waals surface area contributed by atoms with Crippen LogP contribution in [0.3, 0.4) is 0 Å². The molecule has 0 bridgehead atoms. The van der Waals surface area contributed by atoms with Gasteiger partial charge in [0.05, 0.1) is 0 Å². The molecule has 1 fully saturated rings. The zero-order valence-corrected chi connectivity index (χ0v) is 12.1. The van der Waals surface area contributed by atoms with Crippen LogP contribution < -0.4 is 0 Å². The summed E-state index contributed by atoms with van der Waals surface area (Å²) in [5, 5.41) is 0. The number of hydrogen-bond donors (Lipinski definition) is 0. The molecule has 0 spiro atoms. The fraction of sp³-hybridized carbons (Fsp3) is 0.929. The van der Waals surface area contributed by atoms with Gasteiger partial charge < -0.3 is 4.74 Å². The number of rotatable bonds is 2. The second-order valence-electron chi connectivity index (χ2n) is 6.44. The molecule has 0 aromatic heterocycles. The largest absolute Gasteiger partial charge is 0.459 e. The van der Waals surface area contributed by atoms with Crippen LogP contribution in [-0.4, -0.2) is 35.1 Å². The van der Waals surface area contributed by atoms with E-state index >= 15 is 0 Å². The van der Waals surface area contributed by atoms with Crippen LogP contribution in [-0.2, 0) is 9.53 Å². The lowest BCUT2D eigenvalue weighted by atomic mass is 9.93. The number of piperidine rings is 1. The van der Waals surface area contributed by atoms with Gasteiger partial charge in [-0.25, -0.2) is 0 Å². The van der Waals surface area contributed by atoms with Gasteiger partial charge in [-0.05, 0) is 53.4 Å². The van der Waals surface area contributed by atoms with E-state index in [-0.39, 0.29) is 12.0 Å². The van der Waals surface area contributed by atoms with Gasteiger partial charge in [0, 0.05) is 12.6 Å². The highest BCUT2D eigenvalue weighted by molar-refractivity contribution is 5.75. The molecule has 0 aromatic carbocycles. The predicted octanol–water partition coefficient (Wildman–Crippen LogP) is 2.84. The normalized spacial score (nSPS) is 28.8. The summed E-state index contributed by atoms with van der Waals surface area (Å²) in [6.07, 6.45) is 2.44. The third-order valence-electron chi connectivity index (χ3n) is 3.41. The van der Waals surface area contributed by atoms with E-state index in [0.717, 1.165) is 6.54 Å². The Balaban J connectivity index is 2.61. The number of carbonyl (C=O) groups excluding carboxylic acids is 1. The topological polar surface area (TPSA) is 29.5 Å². The Bertz CT molecular complexity index is 270. The van der Waals surface area contributed by atoms with E-state index < -0.39 is 5.60 Å². The molecule has 0 saturated carbocycles. The SMILES string of the molecule is CC1CCC(C)N(C(C)C(=O)OC(C)(C)C)C1. The van der Waals surface area contributed by atoms with E-state index in [1.807, 2.05) is 27.7 Å². The molecule has 1 heterocycles. The molecule has 3 heteroatoms. The zero-order chi connectivity index (χ0) is 13.2. The van der Waals surface area contributed by atoms with Crippen molar-refractivity contribution in [3.8, 4) is 0 Å². The minimum absolute atomic E-state index is 0.0987. The van der Waals surface area contributed by atoms with Crippen LogP contribution >= 0.6 is 0 Å². The average Bonchev–Trinajstić information content (AvgIpc) is 2.18. The van der Waals surface area contributed by atoms with Crippen molar-refractivity contribution in [3.05, 3.63) is 0 Å². The van der Waals surface area contributed by atoms with Gasteiger partial charge in [-0.15, -0.1) is 0 Å². The molecule has 3 unspecified atom stereocenters. The van der Waals surface area contributed by atoms with Crippen LogP contribution in [0.4, 0.5) is 0 Å². The van der Waals surface area contributed by atoms with Gasteiger partial charge in [-0.1, -0.05) is 6.92 Å². The summed E-state index contributed by atoms with van der Waals surface area (Å²) >= 11 is 0. The standard InChI is InChI=1S/C14H27NO2/c1-10-7-8-11(2)15(9-10)12(3)13(16)17-14(4,5)6/h10-12H,7-9H2,1-6H3. The van der Waals surface area contributed by atoms with Crippen LogP contribution in [0.5, 0.6) is 0 Å². The van der Waals surface area contributed by atoms with Crippen molar-refractivity contribution in [2.75, 3.05) is 6.54 Å². The summed E-state index contributed by atoms with van der Waals surface area (Å²) in [4.78, 5) is 14.3. The fourth-order valence-corrected chi connectivity index (χ4v) is 2.38. The molecule has 3 nitrogen and oxygen atoms in total. The van der Waals surface area contributed by atoms with Crippen LogP contribution in [0, 0.1) is 5.92 Å². The van der Waals surface area contributed by atoms with Gasteiger partial charge in [0.25, 0.3) is 0 Å². The Morgan fingerprint density at radius 1 is 1.29 bits per heavy atom. The maximum Gasteiger partial charge on any atom is 0.323 e. The fourth-order valence-electron chi connectivity index (χ4n) is 2.38. The van der Waals surface area contributed by atoms with Gasteiger partial charge in [0.1, 0.15) is 11.6 Å². The molecule has 0 aliphatic carbocycles. The van der Waals surface area contributed by atoms with Crippen LogP contribution in [0.15, 0.2) is 0 Å². The van der Waals surface area contributed by atoms with E-state index in [4.69, 9.17) is 4.74 Å². The monoisotopic (exact) mass is 241 g/mol. The van der Waals surface area contributed by atoms with Crippen LogP contribution in [0.1, 0.15) is 54.4 Å². The Kier molecular flexibility index (Phi) is 4.59. The summed E-state index contributed by atoms with van der Waals surface area (Å²) in [5.41, 5.74) is -0.393. The summed E-state index contributed by atoms with van der Waals surface area (Å²) in [6.45, 7) is 13.2. The number of hydrogen-bond acceptors (Lipinski definition) is 3. The van der Waals surface area contributed by atoms with Crippen molar-refractivity contribution in [1.82, 2.24) is 4.90 Å². The van der Waals surface area contributed by atoms with E-state index in [9.17, 15) is 4.79 Å². The number of nitrogens with zero attached hydrogens (tertiary/aromatic N) is 1. The number of carbonyl (C=O) groups is 1. The Labute approximate surface area is 106 Å². The molecule has 1 saturated heterocycles. The molecule has 0 radical (unpaired) electrons. The van der Waals surface area contributed by atoms with Gasteiger partial charge in [-0.3, -0.25) is 9.69 Å². The first-order valence-electron chi connectivity index (χ1n) is 6.69. The predicted molar refractivity (Wildman–Crippen MR) is 69.9 cm³/mol. The smallest absolute Gasteiger partial charge is 0.323 e. The zero-order valence-electron chi connectivity index (χ0n) is 12.1. The highest BCUT2D eigenvalue weighted by Gasteiger charge is 2.32. The molecule has 17 heavy (non-hydrogen) atoms. The molecule has 0 amide bonds. The Morgan fingerprint density at radius 3 is 2.41 bits per heavy atom. The van der Waals surface area contributed by atoms with Crippen molar-refractivity contribution in [2.24, 2.45) is 5.92 Å². The number of likely N-dealkylation sites (tertiary alicyclic amines) is 1. The molecule has 0 aromatic rings. The van der Waals surface area contributed by atoms with Gasteiger partial charge >= 0.3 is 5.97 Å². The number of esters is 1. The molecule has 1 aliphatic heterocycles. The molecule has 100 valence electrons. The maximum atomic E-state index is 12.0. The lowest BCUT2D eigenvalue weighted by Crippen LogP contribution is -2.50. The van der Waals surface area contributed by atoms with Crippen molar-refractivity contribution in [1.29, 1.82) is 0 Å². The molecular formula is C14H27NO2. The minimum atomic E-state index is -0.393. The lowest BCUT2D eigenvalue weighted by molar-refractivity contribution is -0.162. The Hall–Kier alpha value is -0.570. The summed E-state index contributed by atoms with van der Waals surface area (Å²) in [5.74, 6) is 0.578. The summed E-state index contributed by atoms with van der Waals surface area (Å²) in [6, 6.07) is 0.348. The summed E-state index contributed by atoms with van der Waals surface area (Å²) in [7, 11) is 0. The van der Waals surface area contributed by atoms with E-state index in [1.54, 1.807) is 0 Å². The third kappa shape index (κ3) is 4.30. The Morgan fingerprint density at radius 2 is 1.88 bits per heavy atom. The van der Waals surface area contributed by atoms with Crippen molar-refractivity contribution in [2.45, 2.75) is 72.1 Å². The number of ether oxygens (including phenoxy) is 1.